The van der Waals surface area contributed by atoms with Crippen LogP contribution in [0.5, 0.6) is 0 Å². The van der Waals surface area contributed by atoms with Gasteiger partial charge in [0.15, 0.2) is 0 Å². The summed E-state index contributed by atoms with van der Waals surface area (Å²) in [4.78, 5) is 3.53. The zero-order chi connectivity index (χ0) is 14.8. The zero-order valence-corrected chi connectivity index (χ0v) is 13.3. The SMILES string of the molecule is CSc1ccc([C@@H]2c3ccccc3CN(C)[C@H]2CO)cc1. The van der Waals surface area contributed by atoms with Crippen LogP contribution in [0.1, 0.15) is 22.6 Å². The predicted molar refractivity (Wildman–Crippen MR) is 88.8 cm³/mol. The number of hydrogen-bond donors (Lipinski definition) is 1. The van der Waals surface area contributed by atoms with Crippen LogP contribution in [0.15, 0.2) is 53.4 Å². The Morgan fingerprint density at radius 3 is 2.52 bits per heavy atom. The van der Waals surface area contributed by atoms with E-state index in [-0.39, 0.29) is 18.6 Å². The van der Waals surface area contributed by atoms with Crippen molar-refractivity contribution in [1.29, 1.82) is 0 Å². The van der Waals surface area contributed by atoms with Crippen LogP contribution >= 0.6 is 11.8 Å². The summed E-state index contributed by atoms with van der Waals surface area (Å²) >= 11 is 1.76. The lowest BCUT2D eigenvalue weighted by atomic mass is 9.79. The minimum absolute atomic E-state index is 0.139. The molecule has 2 nitrogen and oxygen atoms in total. The summed E-state index contributed by atoms with van der Waals surface area (Å²) in [5, 5.41) is 9.87. The summed E-state index contributed by atoms with van der Waals surface area (Å²) in [6.07, 6.45) is 2.09. The number of nitrogens with zero attached hydrogens (tertiary/aromatic N) is 1. The summed E-state index contributed by atoms with van der Waals surface area (Å²) < 4.78 is 0. The Morgan fingerprint density at radius 2 is 1.86 bits per heavy atom. The van der Waals surface area contributed by atoms with E-state index in [0.717, 1.165) is 6.54 Å². The van der Waals surface area contributed by atoms with E-state index in [9.17, 15) is 5.11 Å². The molecule has 1 aliphatic rings. The molecule has 1 aliphatic heterocycles. The van der Waals surface area contributed by atoms with Crippen molar-refractivity contribution in [3.05, 3.63) is 65.2 Å². The van der Waals surface area contributed by atoms with Gasteiger partial charge in [0.2, 0.25) is 0 Å². The third-order valence-corrected chi connectivity index (χ3v) is 5.17. The molecule has 0 saturated heterocycles. The molecule has 1 N–H and O–H groups in total. The van der Waals surface area contributed by atoms with Gasteiger partial charge in [-0.05, 0) is 42.1 Å². The Labute approximate surface area is 130 Å². The molecule has 0 fully saturated rings. The fraction of sp³-hybridized carbons (Fsp3) is 0.333. The highest BCUT2D eigenvalue weighted by atomic mass is 32.2. The van der Waals surface area contributed by atoms with Crippen molar-refractivity contribution in [3.63, 3.8) is 0 Å². The Hall–Kier alpha value is -1.29. The van der Waals surface area contributed by atoms with Gasteiger partial charge in [-0.2, -0.15) is 0 Å². The number of aliphatic hydroxyl groups is 1. The van der Waals surface area contributed by atoms with Gasteiger partial charge in [0.25, 0.3) is 0 Å². The number of rotatable bonds is 3. The van der Waals surface area contributed by atoms with Gasteiger partial charge in [-0.1, -0.05) is 36.4 Å². The Morgan fingerprint density at radius 1 is 1.14 bits per heavy atom. The summed E-state index contributed by atoms with van der Waals surface area (Å²) in [5.41, 5.74) is 4.00. The molecule has 0 spiro atoms. The van der Waals surface area contributed by atoms with Gasteiger partial charge in [0.05, 0.1) is 6.61 Å². The Balaban J connectivity index is 2.07. The summed E-state index contributed by atoms with van der Waals surface area (Å²) in [6.45, 7) is 1.08. The van der Waals surface area contributed by atoms with Crippen molar-refractivity contribution in [2.45, 2.75) is 23.4 Å². The van der Waals surface area contributed by atoms with Crippen LogP contribution in [0.3, 0.4) is 0 Å². The molecule has 0 radical (unpaired) electrons. The monoisotopic (exact) mass is 299 g/mol. The number of likely N-dealkylation sites (N-methyl/N-ethyl adjacent to an activating group) is 1. The standard InChI is InChI=1S/C18H21NOS/c1-19-11-14-5-3-4-6-16(14)18(17(19)12-20)13-7-9-15(21-2)10-8-13/h3-10,17-18,20H,11-12H2,1-2H3/t17-,18+/m0/s1. The lowest BCUT2D eigenvalue weighted by Crippen LogP contribution is -2.43. The van der Waals surface area contributed by atoms with Gasteiger partial charge in [0.1, 0.15) is 0 Å². The minimum atomic E-state index is 0.139. The number of fused-ring (bicyclic) bond motifs is 1. The average Bonchev–Trinajstić information content (AvgIpc) is 2.53. The molecule has 110 valence electrons. The number of benzene rings is 2. The van der Waals surface area contributed by atoms with Gasteiger partial charge in [0, 0.05) is 23.4 Å². The van der Waals surface area contributed by atoms with Gasteiger partial charge in [-0.15, -0.1) is 11.8 Å². The van der Waals surface area contributed by atoms with Crippen LogP contribution < -0.4 is 0 Å². The van der Waals surface area contributed by atoms with Crippen molar-refractivity contribution in [2.75, 3.05) is 19.9 Å². The van der Waals surface area contributed by atoms with E-state index in [1.807, 2.05) is 0 Å². The second-order valence-electron chi connectivity index (χ2n) is 5.61. The highest BCUT2D eigenvalue weighted by molar-refractivity contribution is 7.98. The van der Waals surface area contributed by atoms with Crippen LogP contribution in [0.4, 0.5) is 0 Å². The van der Waals surface area contributed by atoms with E-state index < -0.39 is 0 Å². The van der Waals surface area contributed by atoms with Crippen molar-refractivity contribution in [2.24, 2.45) is 0 Å². The van der Waals surface area contributed by atoms with E-state index in [2.05, 4.69) is 66.7 Å². The smallest absolute Gasteiger partial charge is 0.0596 e. The van der Waals surface area contributed by atoms with Gasteiger partial charge < -0.3 is 5.11 Å². The molecule has 2 atom stereocenters. The molecule has 0 saturated carbocycles. The molecule has 3 rings (SSSR count). The maximum absolute atomic E-state index is 9.87. The Kier molecular flexibility index (Phi) is 4.34. The number of hydrogen-bond acceptors (Lipinski definition) is 3. The molecular weight excluding hydrogens is 278 g/mol. The van der Waals surface area contributed by atoms with Crippen LogP contribution in [0, 0.1) is 0 Å². The van der Waals surface area contributed by atoms with E-state index in [0.29, 0.717) is 0 Å². The van der Waals surface area contributed by atoms with Crippen LogP contribution in [0.25, 0.3) is 0 Å². The molecule has 1 heterocycles. The van der Waals surface area contributed by atoms with Gasteiger partial charge >= 0.3 is 0 Å². The summed E-state index contributed by atoms with van der Waals surface area (Å²) in [7, 11) is 2.10. The quantitative estimate of drug-likeness (QED) is 0.879. The van der Waals surface area contributed by atoms with E-state index in [4.69, 9.17) is 0 Å². The van der Waals surface area contributed by atoms with E-state index in [1.54, 1.807) is 11.8 Å². The average molecular weight is 299 g/mol. The van der Waals surface area contributed by atoms with Gasteiger partial charge in [-0.25, -0.2) is 0 Å². The first-order valence-corrected chi connectivity index (χ1v) is 8.50. The lowest BCUT2D eigenvalue weighted by Gasteiger charge is -2.40. The maximum atomic E-state index is 9.87. The largest absolute Gasteiger partial charge is 0.395 e. The first-order chi connectivity index (χ1) is 10.2. The van der Waals surface area contributed by atoms with Crippen molar-refractivity contribution in [1.82, 2.24) is 4.90 Å². The first kappa shape index (κ1) is 14.6. The molecule has 3 heteroatoms. The summed E-state index contributed by atoms with van der Waals surface area (Å²) in [6, 6.07) is 17.5. The second kappa shape index (κ2) is 6.22. The van der Waals surface area contributed by atoms with Crippen molar-refractivity contribution >= 4 is 11.8 Å². The van der Waals surface area contributed by atoms with Crippen molar-refractivity contribution in [3.8, 4) is 0 Å². The summed E-state index contributed by atoms with van der Waals surface area (Å²) in [5.74, 6) is 0.237. The molecule has 2 aromatic carbocycles. The fourth-order valence-corrected chi connectivity index (χ4v) is 3.70. The molecule has 0 unspecified atom stereocenters. The topological polar surface area (TPSA) is 23.5 Å². The highest BCUT2D eigenvalue weighted by Crippen LogP contribution is 2.37. The molecule has 0 amide bonds. The second-order valence-corrected chi connectivity index (χ2v) is 6.49. The van der Waals surface area contributed by atoms with Crippen LogP contribution in [-0.4, -0.2) is 36.0 Å². The first-order valence-electron chi connectivity index (χ1n) is 7.27. The third-order valence-electron chi connectivity index (χ3n) is 4.42. The molecule has 21 heavy (non-hydrogen) atoms. The maximum Gasteiger partial charge on any atom is 0.0596 e. The van der Waals surface area contributed by atoms with Gasteiger partial charge in [-0.3, -0.25) is 4.90 Å². The molecule has 0 aromatic heterocycles. The lowest BCUT2D eigenvalue weighted by molar-refractivity contribution is 0.118. The predicted octanol–water partition coefficient (Wildman–Crippen LogP) is 3.35. The van der Waals surface area contributed by atoms with Crippen LogP contribution in [-0.2, 0) is 6.54 Å². The van der Waals surface area contributed by atoms with E-state index >= 15 is 0 Å². The van der Waals surface area contributed by atoms with Crippen molar-refractivity contribution < 1.29 is 5.11 Å². The Bertz CT molecular complexity index is 611. The normalized spacial score (nSPS) is 22.0. The fourth-order valence-electron chi connectivity index (χ4n) is 3.29. The molecule has 0 bridgehead atoms. The highest BCUT2D eigenvalue weighted by Gasteiger charge is 2.33. The number of thioether (sulfide) groups is 1. The molecule has 0 aliphatic carbocycles. The molecular formula is C18H21NOS. The third kappa shape index (κ3) is 2.73. The minimum Gasteiger partial charge on any atom is -0.395 e. The number of aliphatic hydroxyl groups excluding tert-OH is 1. The molecule has 2 aromatic rings. The van der Waals surface area contributed by atoms with Crippen LogP contribution in [0.2, 0.25) is 0 Å². The van der Waals surface area contributed by atoms with E-state index in [1.165, 1.54) is 21.6 Å². The zero-order valence-electron chi connectivity index (χ0n) is 12.5.